The number of hydrogen-bond donors (Lipinski definition) is 0. The van der Waals surface area contributed by atoms with Crippen molar-refractivity contribution in [3.63, 3.8) is 0 Å². The van der Waals surface area contributed by atoms with Crippen molar-refractivity contribution in [2.45, 2.75) is 26.6 Å². The smallest absolute Gasteiger partial charge is 0.254 e. The third-order valence-electron chi connectivity index (χ3n) is 4.54. The summed E-state index contributed by atoms with van der Waals surface area (Å²) in [4.78, 5) is 18.5. The van der Waals surface area contributed by atoms with E-state index < -0.39 is 0 Å². The van der Waals surface area contributed by atoms with Crippen LogP contribution in [0.15, 0.2) is 48.7 Å². The van der Waals surface area contributed by atoms with Gasteiger partial charge in [-0.2, -0.15) is 0 Å². The lowest BCUT2D eigenvalue weighted by molar-refractivity contribution is 0.0706. The summed E-state index contributed by atoms with van der Waals surface area (Å²) in [6, 6.07) is 13.2. The Balaban J connectivity index is 1.42. The van der Waals surface area contributed by atoms with Crippen LogP contribution in [0.25, 0.3) is 0 Å². The van der Waals surface area contributed by atoms with Crippen molar-refractivity contribution in [2.24, 2.45) is 0 Å². The standard InChI is InChI=1S/C20H19ClN4O2/c1-14-2-4-16(5-3-14)20(26)24-8-9-25-17(12-24)11-19(23-25)27-13-15-6-7-22-18(21)10-15/h2-7,10-11H,8-9,12-13H2,1H3. The molecule has 3 heterocycles. The predicted octanol–water partition coefficient (Wildman–Crippen LogP) is 3.47. The Morgan fingerprint density at radius 1 is 1.19 bits per heavy atom. The number of aryl methyl sites for hydroxylation is 1. The SMILES string of the molecule is Cc1ccc(C(=O)N2CCn3nc(OCc4ccnc(Cl)c4)cc3C2)cc1. The highest BCUT2D eigenvalue weighted by atomic mass is 35.5. The van der Waals surface area contributed by atoms with Crippen LogP contribution in [0.4, 0.5) is 0 Å². The van der Waals surface area contributed by atoms with E-state index in [0.29, 0.717) is 42.8 Å². The molecule has 1 aliphatic rings. The molecule has 138 valence electrons. The Labute approximate surface area is 162 Å². The van der Waals surface area contributed by atoms with Gasteiger partial charge in [0.15, 0.2) is 0 Å². The number of pyridine rings is 1. The van der Waals surface area contributed by atoms with Gasteiger partial charge in [0, 0.05) is 24.4 Å². The highest BCUT2D eigenvalue weighted by Crippen LogP contribution is 2.21. The molecule has 7 heteroatoms. The summed E-state index contributed by atoms with van der Waals surface area (Å²) < 4.78 is 7.67. The number of benzene rings is 1. The summed E-state index contributed by atoms with van der Waals surface area (Å²) in [6.45, 7) is 4.17. The van der Waals surface area contributed by atoms with Gasteiger partial charge in [0.25, 0.3) is 5.91 Å². The first-order valence-corrected chi connectivity index (χ1v) is 9.12. The first-order chi connectivity index (χ1) is 13.1. The van der Waals surface area contributed by atoms with Crippen LogP contribution in [0.5, 0.6) is 5.88 Å². The molecule has 0 saturated heterocycles. The molecule has 0 spiro atoms. The van der Waals surface area contributed by atoms with Gasteiger partial charge in [-0.05, 0) is 36.8 Å². The zero-order chi connectivity index (χ0) is 18.8. The van der Waals surface area contributed by atoms with E-state index in [-0.39, 0.29) is 5.91 Å². The molecule has 0 aliphatic carbocycles. The van der Waals surface area contributed by atoms with E-state index in [1.807, 2.05) is 52.9 Å². The van der Waals surface area contributed by atoms with Gasteiger partial charge in [0.05, 0.1) is 18.8 Å². The maximum absolute atomic E-state index is 12.7. The number of carbonyl (C=O) groups excluding carboxylic acids is 1. The summed E-state index contributed by atoms with van der Waals surface area (Å²) in [5.74, 6) is 0.582. The minimum Gasteiger partial charge on any atom is -0.472 e. The fourth-order valence-corrected chi connectivity index (χ4v) is 3.25. The number of carbonyl (C=O) groups is 1. The molecule has 6 nitrogen and oxygen atoms in total. The zero-order valence-electron chi connectivity index (χ0n) is 14.9. The number of ether oxygens (including phenoxy) is 1. The molecule has 3 aromatic rings. The molecule has 0 radical (unpaired) electrons. The molecule has 4 rings (SSSR count). The van der Waals surface area contributed by atoms with Gasteiger partial charge in [-0.3, -0.25) is 9.48 Å². The Morgan fingerprint density at radius 3 is 2.78 bits per heavy atom. The lowest BCUT2D eigenvalue weighted by Gasteiger charge is -2.27. The van der Waals surface area contributed by atoms with Crippen LogP contribution in [-0.2, 0) is 19.7 Å². The van der Waals surface area contributed by atoms with Crippen LogP contribution in [0.1, 0.15) is 27.2 Å². The lowest BCUT2D eigenvalue weighted by atomic mass is 10.1. The zero-order valence-corrected chi connectivity index (χ0v) is 15.7. The fraction of sp³-hybridized carbons (Fsp3) is 0.250. The van der Waals surface area contributed by atoms with Crippen molar-refractivity contribution in [3.8, 4) is 5.88 Å². The van der Waals surface area contributed by atoms with Crippen LogP contribution >= 0.6 is 11.6 Å². The van der Waals surface area contributed by atoms with Crippen molar-refractivity contribution in [1.29, 1.82) is 0 Å². The fourth-order valence-electron chi connectivity index (χ4n) is 3.05. The maximum atomic E-state index is 12.7. The van der Waals surface area contributed by atoms with Crippen molar-refractivity contribution in [2.75, 3.05) is 6.54 Å². The number of aromatic nitrogens is 3. The molecule has 0 bridgehead atoms. The molecular weight excluding hydrogens is 364 g/mol. The van der Waals surface area contributed by atoms with Crippen LogP contribution in [-0.4, -0.2) is 32.1 Å². The lowest BCUT2D eigenvalue weighted by Crippen LogP contribution is -2.38. The first kappa shape index (κ1) is 17.5. The van der Waals surface area contributed by atoms with E-state index in [2.05, 4.69) is 10.1 Å². The highest BCUT2D eigenvalue weighted by Gasteiger charge is 2.23. The monoisotopic (exact) mass is 382 g/mol. The summed E-state index contributed by atoms with van der Waals surface area (Å²) in [5, 5.41) is 4.91. The van der Waals surface area contributed by atoms with Crippen molar-refractivity contribution in [1.82, 2.24) is 19.7 Å². The van der Waals surface area contributed by atoms with Gasteiger partial charge in [-0.15, -0.1) is 5.10 Å². The minimum atomic E-state index is 0.0383. The Kier molecular flexibility index (Phi) is 4.81. The quantitative estimate of drug-likeness (QED) is 0.648. The third-order valence-corrected chi connectivity index (χ3v) is 4.75. The van der Waals surface area contributed by atoms with Crippen molar-refractivity contribution >= 4 is 17.5 Å². The summed E-state index contributed by atoms with van der Waals surface area (Å²) in [7, 11) is 0. The van der Waals surface area contributed by atoms with E-state index in [0.717, 1.165) is 16.8 Å². The summed E-state index contributed by atoms with van der Waals surface area (Å²) in [6.07, 6.45) is 1.65. The second kappa shape index (κ2) is 7.40. The minimum absolute atomic E-state index is 0.0383. The Hall–Kier alpha value is -2.86. The number of rotatable bonds is 4. The molecule has 2 aromatic heterocycles. The van der Waals surface area contributed by atoms with Crippen molar-refractivity contribution in [3.05, 3.63) is 76.2 Å². The van der Waals surface area contributed by atoms with Gasteiger partial charge < -0.3 is 9.64 Å². The van der Waals surface area contributed by atoms with E-state index >= 15 is 0 Å². The molecule has 0 atom stereocenters. The van der Waals surface area contributed by atoms with Gasteiger partial charge in [-0.25, -0.2) is 4.98 Å². The number of amides is 1. The normalized spacial score (nSPS) is 13.3. The molecule has 0 fully saturated rings. The molecule has 27 heavy (non-hydrogen) atoms. The van der Waals surface area contributed by atoms with E-state index in [1.165, 1.54) is 0 Å². The Bertz CT molecular complexity index is 968. The molecule has 0 saturated carbocycles. The van der Waals surface area contributed by atoms with Gasteiger partial charge in [-0.1, -0.05) is 29.3 Å². The number of hydrogen-bond acceptors (Lipinski definition) is 4. The van der Waals surface area contributed by atoms with Crippen molar-refractivity contribution < 1.29 is 9.53 Å². The summed E-state index contributed by atoms with van der Waals surface area (Å²) in [5.41, 5.74) is 3.74. The average Bonchev–Trinajstić information content (AvgIpc) is 3.08. The second-order valence-electron chi connectivity index (χ2n) is 6.57. The summed E-state index contributed by atoms with van der Waals surface area (Å²) >= 11 is 5.89. The number of fused-ring (bicyclic) bond motifs is 1. The molecular formula is C20H19ClN4O2. The van der Waals surface area contributed by atoms with Crippen LogP contribution < -0.4 is 4.74 Å². The van der Waals surface area contributed by atoms with E-state index in [9.17, 15) is 4.79 Å². The average molecular weight is 383 g/mol. The molecule has 1 aliphatic heterocycles. The largest absolute Gasteiger partial charge is 0.472 e. The van der Waals surface area contributed by atoms with Gasteiger partial charge in [0.1, 0.15) is 11.8 Å². The van der Waals surface area contributed by atoms with Gasteiger partial charge in [0.2, 0.25) is 5.88 Å². The topological polar surface area (TPSA) is 60.2 Å². The predicted molar refractivity (Wildman–Crippen MR) is 102 cm³/mol. The van der Waals surface area contributed by atoms with E-state index in [1.54, 1.807) is 12.3 Å². The molecule has 0 unspecified atom stereocenters. The Morgan fingerprint density at radius 2 is 2.00 bits per heavy atom. The number of nitrogens with zero attached hydrogens (tertiary/aromatic N) is 4. The third kappa shape index (κ3) is 3.95. The van der Waals surface area contributed by atoms with Crippen LogP contribution in [0, 0.1) is 6.92 Å². The molecule has 1 amide bonds. The maximum Gasteiger partial charge on any atom is 0.254 e. The molecule has 1 aromatic carbocycles. The van der Waals surface area contributed by atoms with E-state index in [4.69, 9.17) is 16.3 Å². The molecule has 0 N–H and O–H groups in total. The second-order valence-corrected chi connectivity index (χ2v) is 6.95. The highest BCUT2D eigenvalue weighted by molar-refractivity contribution is 6.29. The number of halogens is 1. The van der Waals surface area contributed by atoms with Crippen LogP contribution in [0.3, 0.4) is 0 Å². The first-order valence-electron chi connectivity index (χ1n) is 8.74. The van der Waals surface area contributed by atoms with Crippen LogP contribution in [0.2, 0.25) is 5.15 Å². The van der Waals surface area contributed by atoms with Gasteiger partial charge >= 0.3 is 0 Å².